The van der Waals surface area contributed by atoms with Gasteiger partial charge in [-0.05, 0) is 41.5 Å². The van der Waals surface area contributed by atoms with E-state index in [1.165, 1.54) is 6.07 Å². The zero-order chi connectivity index (χ0) is 24.1. The van der Waals surface area contributed by atoms with Gasteiger partial charge in [-0.3, -0.25) is 10.1 Å². The van der Waals surface area contributed by atoms with Crippen molar-refractivity contribution in [1.82, 2.24) is 4.57 Å². The van der Waals surface area contributed by atoms with E-state index < -0.39 is 0 Å². The number of nitro groups is 1. The molecular weight excluding hydrogens is 497 g/mol. The summed E-state index contributed by atoms with van der Waals surface area (Å²) in [4.78, 5) is 11.0. The van der Waals surface area contributed by atoms with Gasteiger partial charge in [-0.2, -0.15) is 0 Å². The average Bonchev–Trinajstić information content (AvgIpc) is 3.25. The number of nitrogens with zero attached hydrogens (tertiary/aromatic N) is 3. The number of imidazole rings is 1. The molecule has 0 fully saturated rings. The number of hydrogen-bond donors (Lipinski definition) is 0. The van der Waals surface area contributed by atoms with Crippen LogP contribution >= 0.6 is 34.8 Å². The summed E-state index contributed by atoms with van der Waals surface area (Å²) in [5.74, 6) is 0. The molecule has 0 aliphatic carbocycles. The first kappa shape index (κ1) is 24.2. The number of hydrogen-bond acceptors (Lipinski definition) is 3. The maximum atomic E-state index is 11.3. The highest BCUT2D eigenvalue weighted by Gasteiger charge is 2.19. The normalized spacial score (nSPS) is 12.0. The van der Waals surface area contributed by atoms with E-state index in [4.69, 9.17) is 39.5 Å². The Bertz CT molecular complexity index is 1290. The third-order valence-electron chi connectivity index (χ3n) is 5.36. The lowest BCUT2D eigenvalue weighted by Crippen LogP contribution is -2.32. The van der Waals surface area contributed by atoms with Crippen molar-refractivity contribution in [2.24, 2.45) is 0 Å². The van der Waals surface area contributed by atoms with Crippen molar-refractivity contribution < 1.29 is 14.2 Å². The molecular formula is C25H21Cl3N3O3+. The summed E-state index contributed by atoms with van der Waals surface area (Å²) in [5, 5.41) is 13.1. The molecule has 1 atom stereocenters. The molecule has 174 valence electrons. The van der Waals surface area contributed by atoms with Crippen LogP contribution in [0, 0.1) is 10.1 Å². The van der Waals surface area contributed by atoms with Crippen molar-refractivity contribution in [1.29, 1.82) is 0 Å². The molecule has 4 aromatic rings. The van der Waals surface area contributed by atoms with Crippen molar-refractivity contribution in [2.75, 3.05) is 0 Å². The molecule has 0 amide bonds. The van der Waals surface area contributed by atoms with Gasteiger partial charge in [-0.25, -0.2) is 9.13 Å². The van der Waals surface area contributed by atoms with Gasteiger partial charge in [0.25, 0.3) is 5.69 Å². The second kappa shape index (κ2) is 11.0. The quantitative estimate of drug-likeness (QED) is 0.142. The van der Waals surface area contributed by atoms with Crippen molar-refractivity contribution in [3.63, 3.8) is 0 Å². The summed E-state index contributed by atoms with van der Waals surface area (Å²) < 4.78 is 10.2. The fourth-order valence-electron chi connectivity index (χ4n) is 3.61. The van der Waals surface area contributed by atoms with Crippen LogP contribution in [-0.2, 0) is 24.4 Å². The molecule has 3 aromatic carbocycles. The maximum absolute atomic E-state index is 11.3. The zero-order valence-corrected chi connectivity index (χ0v) is 20.2. The van der Waals surface area contributed by atoms with E-state index in [0.717, 1.165) is 11.1 Å². The van der Waals surface area contributed by atoms with Crippen LogP contribution in [0.15, 0.2) is 85.5 Å². The fraction of sp³-hybridized carbons (Fsp3) is 0.160. The standard InChI is InChI=1S/C25H21Cl3N3O3/c26-21-8-5-18(6-9-21)25(34-16-20-7-10-22(27)13-23(20)28)15-30-12-11-29(17-30)14-19-3-1-2-4-24(19)31(32)33/h1-13,17,25H,14-16H2/q+1. The Labute approximate surface area is 212 Å². The Balaban J connectivity index is 1.52. The van der Waals surface area contributed by atoms with Crippen LogP contribution < -0.4 is 4.57 Å². The molecule has 6 nitrogen and oxygen atoms in total. The number of benzene rings is 3. The van der Waals surface area contributed by atoms with Gasteiger partial charge in [-0.1, -0.05) is 65.1 Å². The second-order valence-electron chi connectivity index (χ2n) is 7.76. The number of para-hydroxylation sites is 1. The Kier molecular flexibility index (Phi) is 7.85. The largest absolute Gasteiger partial charge is 0.365 e. The summed E-state index contributed by atoms with van der Waals surface area (Å²) >= 11 is 18.4. The minimum Gasteiger partial charge on any atom is -0.365 e. The molecule has 9 heteroatoms. The number of ether oxygens (including phenoxy) is 1. The molecule has 0 bridgehead atoms. The van der Waals surface area contributed by atoms with Gasteiger partial charge < -0.3 is 4.74 Å². The van der Waals surface area contributed by atoms with E-state index in [1.807, 2.05) is 58.2 Å². The lowest BCUT2D eigenvalue weighted by atomic mass is 10.1. The third-order valence-corrected chi connectivity index (χ3v) is 6.20. The minimum atomic E-state index is -0.362. The Morgan fingerprint density at radius 3 is 2.44 bits per heavy atom. The van der Waals surface area contributed by atoms with E-state index in [1.54, 1.807) is 30.3 Å². The summed E-state index contributed by atoms with van der Waals surface area (Å²) in [6.07, 6.45) is 5.41. The topological polar surface area (TPSA) is 61.2 Å². The van der Waals surface area contributed by atoms with E-state index in [-0.39, 0.29) is 16.7 Å². The van der Waals surface area contributed by atoms with Crippen LogP contribution in [0.2, 0.25) is 15.1 Å². The Hall–Kier alpha value is -2.90. The highest BCUT2D eigenvalue weighted by Crippen LogP contribution is 2.27. The SMILES string of the molecule is O=[N+]([O-])c1ccccc1C[n+]1ccn(CC(OCc2ccc(Cl)cc2Cl)c2ccc(Cl)cc2)c1. The molecule has 1 unspecified atom stereocenters. The predicted molar refractivity (Wildman–Crippen MR) is 132 cm³/mol. The average molecular weight is 518 g/mol. The number of halogens is 3. The Morgan fingerprint density at radius 1 is 0.971 bits per heavy atom. The molecule has 34 heavy (non-hydrogen) atoms. The zero-order valence-electron chi connectivity index (χ0n) is 18.0. The Morgan fingerprint density at radius 2 is 1.71 bits per heavy atom. The summed E-state index contributed by atoms with van der Waals surface area (Å²) in [6.45, 7) is 1.22. The van der Waals surface area contributed by atoms with E-state index in [0.29, 0.717) is 40.3 Å². The van der Waals surface area contributed by atoms with Gasteiger partial charge in [-0.15, -0.1) is 0 Å². The smallest absolute Gasteiger partial charge is 0.276 e. The highest BCUT2D eigenvalue weighted by atomic mass is 35.5. The third kappa shape index (κ3) is 6.15. The minimum absolute atomic E-state index is 0.102. The van der Waals surface area contributed by atoms with E-state index in [2.05, 4.69) is 0 Å². The molecule has 0 saturated heterocycles. The monoisotopic (exact) mass is 516 g/mol. The van der Waals surface area contributed by atoms with Crippen molar-refractivity contribution in [2.45, 2.75) is 25.8 Å². The van der Waals surface area contributed by atoms with Crippen LogP contribution in [0.3, 0.4) is 0 Å². The van der Waals surface area contributed by atoms with Crippen molar-refractivity contribution >= 4 is 40.5 Å². The lowest BCUT2D eigenvalue weighted by Gasteiger charge is -2.17. The van der Waals surface area contributed by atoms with Crippen LogP contribution in [0.1, 0.15) is 22.8 Å². The molecule has 1 heterocycles. The van der Waals surface area contributed by atoms with Gasteiger partial charge in [0.1, 0.15) is 31.6 Å². The number of rotatable bonds is 9. The molecule has 0 radical (unpaired) electrons. The predicted octanol–water partition coefficient (Wildman–Crippen LogP) is 6.65. The van der Waals surface area contributed by atoms with Crippen LogP contribution in [0.25, 0.3) is 0 Å². The highest BCUT2D eigenvalue weighted by molar-refractivity contribution is 6.35. The van der Waals surface area contributed by atoms with E-state index in [9.17, 15) is 10.1 Å². The summed E-state index contributed by atoms with van der Waals surface area (Å²) in [7, 11) is 0. The van der Waals surface area contributed by atoms with Crippen LogP contribution in [-0.4, -0.2) is 9.49 Å². The molecule has 0 aliphatic rings. The van der Waals surface area contributed by atoms with Gasteiger partial charge in [0.2, 0.25) is 6.33 Å². The first-order valence-electron chi connectivity index (χ1n) is 10.5. The van der Waals surface area contributed by atoms with Crippen molar-refractivity contribution in [3.05, 3.63) is 127 Å². The lowest BCUT2D eigenvalue weighted by molar-refractivity contribution is -0.688. The van der Waals surface area contributed by atoms with Gasteiger partial charge in [0.15, 0.2) is 0 Å². The molecule has 0 spiro atoms. The molecule has 0 aliphatic heterocycles. The summed E-state index contributed by atoms with van der Waals surface area (Å²) in [5.41, 5.74) is 2.54. The number of aromatic nitrogens is 2. The van der Waals surface area contributed by atoms with Gasteiger partial charge in [0, 0.05) is 21.1 Å². The first-order valence-corrected chi connectivity index (χ1v) is 11.6. The fourth-order valence-corrected chi connectivity index (χ4v) is 4.20. The second-order valence-corrected chi connectivity index (χ2v) is 9.04. The van der Waals surface area contributed by atoms with Gasteiger partial charge >= 0.3 is 0 Å². The number of nitro benzene ring substituents is 1. The van der Waals surface area contributed by atoms with Crippen LogP contribution in [0.5, 0.6) is 0 Å². The van der Waals surface area contributed by atoms with Gasteiger partial charge in [0.05, 0.1) is 17.1 Å². The molecule has 0 saturated carbocycles. The first-order chi connectivity index (χ1) is 16.4. The summed E-state index contributed by atoms with van der Waals surface area (Å²) in [6, 6.07) is 19.6. The molecule has 0 N–H and O–H groups in total. The molecule has 1 aromatic heterocycles. The van der Waals surface area contributed by atoms with Crippen molar-refractivity contribution in [3.8, 4) is 0 Å². The van der Waals surface area contributed by atoms with Crippen LogP contribution in [0.4, 0.5) is 5.69 Å². The maximum Gasteiger partial charge on any atom is 0.276 e. The molecule has 4 rings (SSSR count). The van der Waals surface area contributed by atoms with E-state index >= 15 is 0 Å².